The van der Waals surface area contributed by atoms with Gasteiger partial charge < -0.3 is 20.1 Å². The normalized spacial score (nSPS) is 16.9. The Kier molecular flexibility index (Phi) is 2.39. The van der Waals surface area contributed by atoms with Gasteiger partial charge in [-0.05, 0) is 0 Å². The van der Waals surface area contributed by atoms with Crippen molar-refractivity contribution < 1.29 is 9.47 Å². The van der Waals surface area contributed by atoms with Gasteiger partial charge in [0, 0.05) is 13.7 Å². The third kappa shape index (κ3) is 1.54. The van der Waals surface area contributed by atoms with Gasteiger partial charge in [-0.1, -0.05) is 0 Å². The summed E-state index contributed by atoms with van der Waals surface area (Å²) in [6.07, 6.45) is 1.55. The molecule has 2 N–H and O–H groups in total. The Morgan fingerprint density at radius 1 is 1.90 bits per heavy atom. The smallest absolute Gasteiger partial charge is 0.162 e. The third-order valence-corrected chi connectivity index (χ3v) is 1.36. The largest absolute Gasteiger partial charge is 0.477 e. The average molecular weight is 144 g/mol. The van der Waals surface area contributed by atoms with Gasteiger partial charge in [0.1, 0.15) is 12.1 Å². The Labute approximate surface area is 60.2 Å². The quantitative estimate of drug-likeness (QED) is 0.589. The number of nitrogens with zero attached hydrogens (tertiary/aromatic N) is 1. The Balaban J connectivity index is 2.22. The molecular weight excluding hydrogens is 132 g/mol. The van der Waals surface area contributed by atoms with Crippen molar-refractivity contribution in [2.24, 2.45) is 5.73 Å². The van der Waals surface area contributed by atoms with E-state index in [1.54, 1.807) is 13.4 Å². The van der Waals surface area contributed by atoms with Gasteiger partial charge in [0.2, 0.25) is 0 Å². The zero-order valence-corrected chi connectivity index (χ0v) is 6.04. The maximum Gasteiger partial charge on any atom is 0.162 e. The molecule has 10 heavy (non-hydrogen) atoms. The minimum absolute atomic E-state index is 0.551. The standard InChI is InChI=1S/C6H12N2O2/c1-9-3-2-8-5-10-4-6(8)7/h4H,2-3,5,7H2,1H3. The SMILES string of the molecule is COCCN1COC=C1N. The van der Waals surface area contributed by atoms with Crippen molar-refractivity contribution in [2.45, 2.75) is 0 Å². The van der Waals surface area contributed by atoms with Gasteiger partial charge in [-0.25, -0.2) is 0 Å². The van der Waals surface area contributed by atoms with Crippen LogP contribution in [0.5, 0.6) is 0 Å². The minimum Gasteiger partial charge on any atom is -0.477 e. The van der Waals surface area contributed by atoms with Crippen LogP contribution < -0.4 is 5.73 Å². The summed E-state index contributed by atoms with van der Waals surface area (Å²) >= 11 is 0. The molecule has 0 aliphatic carbocycles. The summed E-state index contributed by atoms with van der Waals surface area (Å²) in [7, 11) is 1.66. The van der Waals surface area contributed by atoms with Crippen LogP contribution in [-0.2, 0) is 9.47 Å². The van der Waals surface area contributed by atoms with Crippen LogP contribution in [0.15, 0.2) is 12.1 Å². The van der Waals surface area contributed by atoms with Crippen molar-refractivity contribution in [2.75, 3.05) is 27.0 Å². The van der Waals surface area contributed by atoms with E-state index in [0.717, 1.165) is 6.54 Å². The first-order chi connectivity index (χ1) is 4.84. The molecule has 1 aliphatic heterocycles. The van der Waals surface area contributed by atoms with Crippen molar-refractivity contribution in [1.29, 1.82) is 0 Å². The average Bonchev–Trinajstić information content (AvgIpc) is 2.31. The van der Waals surface area contributed by atoms with Crippen molar-refractivity contribution >= 4 is 0 Å². The Morgan fingerprint density at radius 2 is 2.70 bits per heavy atom. The van der Waals surface area contributed by atoms with Crippen LogP contribution >= 0.6 is 0 Å². The number of ether oxygens (including phenoxy) is 2. The fourth-order valence-corrected chi connectivity index (χ4v) is 0.757. The number of hydrogen-bond acceptors (Lipinski definition) is 4. The lowest BCUT2D eigenvalue weighted by atomic mass is 10.6. The first-order valence-electron chi connectivity index (χ1n) is 3.15. The van der Waals surface area contributed by atoms with Gasteiger partial charge in [-0.2, -0.15) is 0 Å². The highest BCUT2D eigenvalue weighted by Crippen LogP contribution is 2.05. The number of methoxy groups -OCH3 is 1. The van der Waals surface area contributed by atoms with Crippen LogP contribution in [0.4, 0.5) is 0 Å². The summed E-state index contributed by atoms with van der Waals surface area (Å²) in [4.78, 5) is 1.91. The van der Waals surface area contributed by atoms with Gasteiger partial charge >= 0.3 is 0 Å². The van der Waals surface area contributed by atoms with Crippen LogP contribution in [0, 0.1) is 0 Å². The van der Waals surface area contributed by atoms with E-state index in [1.165, 1.54) is 0 Å². The molecule has 4 heteroatoms. The van der Waals surface area contributed by atoms with Crippen molar-refractivity contribution in [3.63, 3.8) is 0 Å². The van der Waals surface area contributed by atoms with E-state index in [1.807, 2.05) is 4.90 Å². The van der Waals surface area contributed by atoms with E-state index < -0.39 is 0 Å². The van der Waals surface area contributed by atoms with E-state index >= 15 is 0 Å². The number of nitrogens with two attached hydrogens (primary N) is 1. The monoisotopic (exact) mass is 144 g/mol. The lowest BCUT2D eigenvalue weighted by molar-refractivity contribution is 0.120. The Bertz CT molecular complexity index is 136. The fourth-order valence-electron chi connectivity index (χ4n) is 0.757. The Hall–Kier alpha value is -0.900. The van der Waals surface area contributed by atoms with Crippen molar-refractivity contribution in [3.05, 3.63) is 12.1 Å². The molecule has 1 aliphatic rings. The summed E-state index contributed by atoms with van der Waals surface area (Å²) in [5.41, 5.74) is 5.53. The van der Waals surface area contributed by atoms with Gasteiger partial charge in [0.25, 0.3) is 0 Å². The summed E-state index contributed by atoms with van der Waals surface area (Å²) < 4.78 is 9.82. The molecule has 0 atom stereocenters. The maximum atomic E-state index is 5.53. The zero-order chi connectivity index (χ0) is 7.40. The van der Waals surface area contributed by atoms with Crippen LogP contribution in [0.1, 0.15) is 0 Å². The van der Waals surface area contributed by atoms with Crippen LogP contribution in [0.2, 0.25) is 0 Å². The lowest BCUT2D eigenvalue weighted by Crippen LogP contribution is -2.27. The molecule has 1 heterocycles. The summed E-state index contributed by atoms with van der Waals surface area (Å²) in [6, 6.07) is 0. The number of hydrogen-bond donors (Lipinski definition) is 1. The summed E-state index contributed by atoms with van der Waals surface area (Å²) in [6.45, 7) is 2.02. The Morgan fingerprint density at radius 3 is 3.20 bits per heavy atom. The highest BCUT2D eigenvalue weighted by atomic mass is 16.5. The zero-order valence-electron chi connectivity index (χ0n) is 6.04. The van der Waals surface area contributed by atoms with Crippen molar-refractivity contribution in [3.8, 4) is 0 Å². The highest BCUT2D eigenvalue weighted by Gasteiger charge is 2.11. The first kappa shape index (κ1) is 7.21. The molecule has 0 amide bonds. The van der Waals surface area contributed by atoms with E-state index in [2.05, 4.69) is 0 Å². The van der Waals surface area contributed by atoms with Crippen LogP contribution in [-0.4, -0.2) is 31.9 Å². The van der Waals surface area contributed by atoms with Crippen molar-refractivity contribution in [1.82, 2.24) is 4.90 Å². The predicted molar refractivity (Wildman–Crippen MR) is 36.8 cm³/mol. The van der Waals surface area contributed by atoms with Gasteiger partial charge in [0.15, 0.2) is 6.73 Å². The summed E-state index contributed by atoms with van der Waals surface area (Å²) in [5, 5.41) is 0. The molecule has 0 aromatic heterocycles. The molecule has 0 bridgehead atoms. The van der Waals surface area contributed by atoms with Crippen LogP contribution in [0.3, 0.4) is 0 Å². The minimum atomic E-state index is 0.551. The second-order valence-electron chi connectivity index (χ2n) is 2.09. The highest BCUT2D eigenvalue weighted by molar-refractivity contribution is 4.94. The molecule has 0 radical (unpaired) electrons. The molecule has 0 saturated heterocycles. The first-order valence-corrected chi connectivity index (χ1v) is 3.15. The molecule has 0 aromatic carbocycles. The van der Waals surface area contributed by atoms with E-state index in [9.17, 15) is 0 Å². The van der Waals surface area contributed by atoms with E-state index in [0.29, 0.717) is 19.2 Å². The molecule has 0 spiro atoms. The van der Waals surface area contributed by atoms with E-state index in [4.69, 9.17) is 15.2 Å². The molecule has 0 saturated carbocycles. The second kappa shape index (κ2) is 3.31. The third-order valence-electron chi connectivity index (χ3n) is 1.36. The van der Waals surface area contributed by atoms with Gasteiger partial charge in [0.05, 0.1) is 6.61 Å². The molecule has 0 aromatic rings. The van der Waals surface area contributed by atoms with Gasteiger partial charge in [-0.15, -0.1) is 0 Å². The van der Waals surface area contributed by atoms with Gasteiger partial charge in [-0.3, -0.25) is 0 Å². The molecular formula is C6H12N2O2. The predicted octanol–water partition coefficient (Wildman–Crippen LogP) is -0.320. The molecule has 4 nitrogen and oxygen atoms in total. The van der Waals surface area contributed by atoms with E-state index in [-0.39, 0.29) is 0 Å². The number of rotatable bonds is 3. The molecule has 1 rings (SSSR count). The lowest BCUT2D eigenvalue weighted by Gasteiger charge is -2.15. The molecule has 0 unspecified atom stereocenters. The molecule has 58 valence electrons. The maximum absolute atomic E-state index is 5.53. The summed E-state index contributed by atoms with van der Waals surface area (Å²) in [5.74, 6) is 0.678. The second-order valence-corrected chi connectivity index (χ2v) is 2.09. The topological polar surface area (TPSA) is 47.7 Å². The van der Waals surface area contributed by atoms with Crippen LogP contribution in [0.25, 0.3) is 0 Å². The molecule has 0 fully saturated rings. The fraction of sp³-hybridized carbons (Fsp3) is 0.667.